The average Bonchev–Trinajstić information content (AvgIpc) is 3.13. The predicted molar refractivity (Wildman–Crippen MR) is 110 cm³/mol. The van der Waals surface area contributed by atoms with Crippen LogP contribution >= 0.6 is 0 Å². The molecule has 3 heterocycles. The minimum atomic E-state index is 0.0184. The highest BCUT2D eigenvalue weighted by Gasteiger charge is 2.26. The molecule has 0 radical (unpaired) electrons. The number of carbonyl (C=O) groups is 1. The molecular formula is C21H28N6O. The lowest BCUT2D eigenvalue weighted by atomic mass is 9.97. The Balaban J connectivity index is 1.45. The molecule has 4 rings (SSSR count). The Morgan fingerprint density at radius 3 is 2.75 bits per heavy atom. The maximum atomic E-state index is 12.6. The molecule has 0 saturated carbocycles. The van der Waals surface area contributed by atoms with Crippen LogP contribution < -0.4 is 5.32 Å². The van der Waals surface area contributed by atoms with Gasteiger partial charge in [-0.3, -0.25) is 14.4 Å². The number of aryl methyl sites for hydroxylation is 3. The number of imidazole rings is 1. The van der Waals surface area contributed by atoms with Crippen LogP contribution in [-0.2, 0) is 18.9 Å². The highest BCUT2D eigenvalue weighted by atomic mass is 16.2. The number of aromatic nitrogens is 4. The first-order chi connectivity index (χ1) is 13.4. The molecule has 1 saturated heterocycles. The quantitative estimate of drug-likeness (QED) is 0.756. The predicted octanol–water partition coefficient (Wildman–Crippen LogP) is 2.74. The summed E-state index contributed by atoms with van der Waals surface area (Å²) in [5, 5.41) is 7.42. The first-order valence-electron chi connectivity index (χ1n) is 9.87. The summed E-state index contributed by atoms with van der Waals surface area (Å²) in [4.78, 5) is 19.7. The van der Waals surface area contributed by atoms with Crippen LogP contribution in [0.3, 0.4) is 0 Å². The molecule has 3 aromatic rings. The molecule has 1 amide bonds. The van der Waals surface area contributed by atoms with Crippen LogP contribution in [0.25, 0.3) is 11.0 Å². The summed E-state index contributed by atoms with van der Waals surface area (Å²) in [6, 6.07) is 8.25. The van der Waals surface area contributed by atoms with Gasteiger partial charge in [0.05, 0.1) is 34.7 Å². The smallest absolute Gasteiger partial charge is 0.238 e. The van der Waals surface area contributed by atoms with Gasteiger partial charge in [0.1, 0.15) is 5.82 Å². The third-order valence-corrected chi connectivity index (χ3v) is 5.83. The highest BCUT2D eigenvalue weighted by Crippen LogP contribution is 2.28. The molecule has 0 aliphatic carbocycles. The van der Waals surface area contributed by atoms with Gasteiger partial charge < -0.3 is 9.88 Å². The zero-order valence-electron chi connectivity index (χ0n) is 17.1. The number of para-hydroxylation sites is 2. The number of likely N-dealkylation sites (tertiary alicyclic amines) is 1. The van der Waals surface area contributed by atoms with E-state index in [0.29, 0.717) is 12.5 Å². The van der Waals surface area contributed by atoms with Crippen LogP contribution in [0.15, 0.2) is 24.3 Å². The number of hydrogen-bond donors (Lipinski definition) is 1. The van der Waals surface area contributed by atoms with Crippen LogP contribution in [-0.4, -0.2) is 49.8 Å². The Kier molecular flexibility index (Phi) is 4.93. The van der Waals surface area contributed by atoms with E-state index in [9.17, 15) is 4.79 Å². The second-order valence-corrected chi connectivity index (χ2v) is 7.81. The van der Waals surface area contributed by atoms with Gasteiger partial charge in [0.2, 0.25) is 5.91 Å². The second kappa shape index (κ2) is 7.39. The number of nitrogens with one attached hydrogen (secondary N) is 1. The summed E-state index contributed by atoms with van der Waals surface area (Å²) >= 11 is 0. The van der Waals surface area contributed by atoms with E-state index in [1.807, 2.05) is 33.0 Å². The molecule has 148 valence electrons. The van der Waals surface area contributed by atoms with E-state index >= 15 is 0 Å². The lowest BCUT2D eigenvalue weighted by Gasteiger charge is -2.31. The van der Waals surface area contributed by atoms with Crippen LogP contribution in [0.5, 0.6) is 0 Å². The number of amides is 1. The number of benzene rings is 1. The van der Waals surface area contributed by atoms with E-state index in [0.717, 1.165) is 59.9 Å². The van der Waals surface area contributed by atoms with Gasteiger partial charge in [-0.15, -0.1) is 0 Å². The molecule has 1 fully saturated rings. The topological polar surface area (TPSA) is 68.0 Å². The van der Waals surface area contributed by atoms with Crippen molar-refractivity contribution in [3.05, 3.63) is 41.5 Å². The Morgan fingerprint density at radius 2 is 2.04 bits per heavy atom. The Bertz CT molecular complexity index is 1020. The molecule has 1 N–H and O–H groups in total. The van der Waals surface area contributed by atoms with Gasteiger partial charge in [0.25, 0.3) is 0 Å². The molecule has 1 unspecified atom stereocenters. The fourth-order valence-electron chi connectivity index (χ4n) is 4.28. The average molecular weight is 380 g/mol. The van der Waals surface area contributed by atoms with Crippen molar-refractivity contribution >= 4 is 22.6 Å². The third kappa shape index (κ3) is 3.42. The van der Waals surface area contributed by atoms with Gasteiger partial charge in [-0.1, -0.05) is 12.1 Å². The van der Waals surface area contributed by atoms with E-state index < -0.39 is 0 Å². The number of carbonyl (C=O) groups excluding carboxylic acids is 1. The van der Waals surface area contributed by atoms with Crippen molar-refractivity contribution < 1.29 is 4.79 Å². The lowest BCUT2D eigenvalue weighted by Crippen LogP contribution is -2.40. The van der Waals surface area contributed by atoms with Gasteiger partial charge in [-0.25, -0.2) is 4.98 Å². The maximum Gasteiger partial charge on any atom is 0.238 e. The molecule has 7 nitrogen and oxygen atoms in total. The van der Waals surface area contributed by atoms with Gasteiger partial charge >= 0.3 is 0 Å². The van der Waals surface area contributed by atoms with Crippen molar-refractivity contribution in [2.45, 2.75) is 32.6 Å². The number of rotatable bonds is 4. The number of nitrogens with zero attached hydrogens (tertiary/aromatic N) is 5. The van der Waals surface area contributed by atoms with Gasteiger partial charge in [0, 0.05) is 26.6 Å². The Labute approximate surface area is 165 Å². The number of anilines is 1. The van der Waals surface area contributed by atoms with Crippen LogP contribution in [0, 0.1) is 13.8 Å². The summed E-state index contributed by atoms with van der Waals surface area (Å²) in [5.74, 6) is 1.48. The Morgan fingerprint density at radius 1 is 1.25 bits per heavy atom. The van der Waals surface area contributed by atoms with Crippen molar-refractivity contribution in [3.63, 3.8) is 0 Å². The highest BCUT2D eigenvalue weighted by molar-refractivity contribution is 5.93. The fourth-order valence-corrected chi connectivity index (χ4v) is 4.28. The molecular weight excluding hydrogens is 352 g/mol. The van der Waals surface area contributed by atoms with E-state index in [2.05, 4.69) is 39.1 Å². The largest absolute Gasteiger partial charge is 0.331 e. The monoisotopic (exact) mass is 380 g/mol. The van der Waals surface area contributed by atoms with Gasteiger partial charge in [0.15, 0.2) is 0 Å². The van der Waals surface area contributed by atoms with E-state index in [1.54, 1.807) is 4.68 Å². The number of hydrogen-bond acceptors (Lipinski definition) is 4. The van der Waals surface area contributed by atoms with Crippen molar-refractivity contribution in [1.82, 2.24) is 24.2 Å². The van der Waals surface area contributed by atoms with Crippen molar-refractivity contribution in [3.8, 4) is 0 Å². The molecule has 28 heavy (non-hydrogen) atoms. The first-order valence-corrected chi connectivity index (χ1v) is 9.87. The molecule has 1 atom stereocenters. The molecule has 0 bridgehead atoms. The Hall–Kier alpha value is -2.67. The minimum absolute atomic E-state index is 0.0184. The van der Waals surface area contributed by atoms with E-state index in [1.165, 1.54) is 0 Å². The van der Waals surface area contributed by atoms with Gasteiger partial charge in [-0.2, -0.15) is 5.10 Å². The standard InChI is InChI=1S/C21H28N6O/c1-14-20(15(2)26(4)24-14)23-19(28)13-27-11-7-8-16(12-27)21-22-17-9-5-6-10-18(17)25(21)3/h5-6,9-10,16H,7-8,11-13H2,1-4H3,(H,23,28). The number of piperidine rings is 1. The van der Waals surface area contributed by atoms with Crippen LogP contribution in [0.1, 0.15) is 36.0 Å². The normalized spacial score (nSPS) is 17.9. The summed E-state index contributed by atoms with van der Waals surface area (Å²) in [5.41, 5.74) is 4.86. The SMILES string of the molecule is Cc1nn(C)c(C)c1NC(=O)CN1CCCC(c2nc3ccccc3n2C)C1. The first kappa shape index (κ1) is 18.7. The van der Waals surface area contributed by atoms with Crippen molar-refractivity contribution in [1.29, 1.82) is 0 Å². The molecule has 0 spiro atoms. The molecule has 1 aromatic carbocycles. The summed E-state index contributed by atoms with van der Waals surface area (Å²) < 4.78 is 4.00. The van der Waals surface area contributed by atoms with E-state index in [4.69, 9.17) is 4.98 Å². The third-order valence-electron chi connectivity index (χ3n) is 5.83. The maximum absolute atomic E-state index is 12.6. The summed E-state index contributed by atoms with van der Waals surface area (Å²) in [7, 11) is 3.98. The zero-order valence-corrected chi connectivity index (χ0v) is 17.1. The van der Waals surface area contributed by atoms with Crippen molar-refractivity contribution in [2.24, 2.45) is 14.1 Å². The van der Waals surface area contributed by atoms with E-state index in [-0.39, 0.29) is 5.91 Å². The van der Waals surface area contributed by atoms with Crippen LogP contribution in [0.2, 0.25) is 0 Å². The number of fused-ring (bicyclic) bond motifs is 1. The molecule has 1 aliphatic heterocycles. The molecule has 2 aromatic heterocycles. The lowest BCUT2D eigenvalue weighted by molar-refractivity contribution is -0.117. The zero-order chi connectivity index (χ0) is 19.8. The molecule has 7 heteroatoms. The van der Waals surface area contributed by atoms with Crippen LogP contribution in [0.4, 0.5) is 5.69 Å². The summed E-state index contributed by atoms with van der Waals surface area (Å²) in [6.45, 7) is 6.09. The fraction of sp³-hybridized carbons (Fsp3) is 0.476. The molecule has 1 aliphatic rings. The summed E-state index contributed by atoms with van der Waals surface area (Å²) in [6.07, 6.45) is 2.18. The minimum Gasteiger partial charge on any atom is -0.331 e. The second-order valence-electron chi connectivity index (χ2n) is 7.81. The van der Waals surface area contributed by atoms with Crippen molar-refractivity contribution in [2.75, 3.05) is 25.0 Å². The van der Waals surface area contributed by atoms with Gasteiger partial charge in [-0.05, 0) is 45.4 Å².